The molecule has 0 bridgehead atoms. The van der Waals surface area contributed by atoms with Crippen LogP contribution in [0.5, 0.6) is 0 Å². The fraction of sp³-hybridized carbons (Fsp3) is 0.111. The van der Waals surface area contributed by atoms with Crippen molar-refractivity contribution in [3.05, 3.63) is 73.8 Å². The predicted octanol–water partition coefficient (Wildman–Crippen LogP) is 4.55. The first-order valence-electron chi connectivity index (χ1n) is 6.73. The van der Waals surface area contributed by atoms with E-state index in [2.05, 4.69) is 72.3 Å². The number of hydrogen-bond donors (Lipinski definition) is 2. The average Bonchev–Trinajstić information content (AvgIpc) is 2.52. The molecule has 0 saturated heterocycles. The third kappa shape index (κ3) is 3.75. The molecule has 2 aromatic rings. The molecular formula is C18H20N2. The fourth-order valence-electron chi connectivity index (χ4n) is 1.94. The lowest BCUT2D eigenvalue weighted by Gasteiger charge is -2.07. The van der Waals surface area contributed by atoms with Crippen molar-refractivity contribution in [2.75, 3.05) is 23.7 Å². The Labute approximate surface area is 120 Å². The van der Waals surface area contributed by atoms with Gasteiger partial charge in [-0.1, -0.05) is 36.4 Å². The van der Waals surface area contributed by atoms with Gasteiger partial charge < -0.3 is 10.6 Å². The van der Waals surface area contributed by atoms with Crippen LogP contribution in [0.1, 0.15) is 0 Å². The Morgan fingerprint density at radius 1 is 0.650 bits per heavy atom. The molecule has 0 amide bonds. The summed E-state index contributed by atoms with van der Waals surface area (Å²) in [4.78, 5) is 0. The van der Waals surface area contributed by atoms with Gasteiger partial charge in [0.2, 0.25) is 0 Å². The van der Waals surface area contributed by atoms with E-state index >= 15 is 0 Å². The zero-order valence-electron chi connectivity index (χ0n) is 11.6. The van der Waals surface area contributed by atoms with E-state index in [0.29, 0.717) is 0 Å². The molecule has 0 heterocycles. The topological polar surface area (TPSA) is 24.1 Å². The van der Waals surface area contributed by atoms with Crippen LogP contribution in [-0.4, -0.2) is 13.1 Å². The quantitative estimate of drug-likeness (QED) is 0.717. The molecule has 102 valence electrons. The van der Waals surface area contributed by atoms with E-state index in [-0.39, 0.29) is 0 Å². The highest BCUT2D eigenvalue weighted by Gasteiger charge is 1.98. The van der Waals surface area contributed by atoms with Crippen molar-refractivity contribution in [2.45, 2.75) is 0 Å². The van der Waals surface area contributed by atoms with Crippen molar-refractivity contribution < 1.29 is 0 Å². The van der Waals surface area contributed by atoms with E-state index < -0.39 is 0 Å². The van der Waals surface area contributed by atoms with Crippen molar-refractivity contribution in [1.82, 2.24) is 0 Å². The van der Waals surface area contributed by atoms with E-state index in [1.807, 2.05) is 12.2 Å². The maximum atomic E-state index is 3.70. The van der Waals surface area contributed by atoms with E-state index in [0.717, 1.165) is 24.5 Å². The number of benzene rings is 2. The molecule has 0 aliphatic carbocycles. The van der Waals surface area contributed by atoms with E-state index in [1.165, 1.54) is 11.1 Å². The smallest absolute Gasteiger partial charge is 0.0343 e. The maximum Gasteiger partial charge on any atom is 0.0343 e. The second-order valence-electron chi connectivity index (χ2n) is 4.49. The van der Waals surface area contributed by atoms with Crippen LogP contribution < -0.4 is 10.6 Å². The minimum Gasteiger partial charge on any atom is -0.382 e. The van der Waals surface area contributed by atoms with Gasteiger partial charge in [-0.25, -0.2) is 0 Å². The molecule has 0 spiro atoms. The first kappa shape index (κ1) is 13.9. The summed E-state index contributed by atoms with van der Waals surface area (Å²) in [7, 11) is 0. The molecule has 2 rings (SSSR count). The van der Waals surface area contributed by atoms with Gasteiger partial charge in [-0.15, -0.1) is 13.2 Å². The van der Waals surface area contributed by atoms with Gasteiger partial charge in [0, 0.05) is 24.5 Å². The van der Waals surface area contributed by atoms with E-state index in [9.17, 15) is 0 Å². The SMILES string of the molecule is C=CCNc1ccc(-c2ccc(NCC=C)cc2)cc1. The third-order valence-electron chi connectivity index (χ3n) is 3.00. The van der Waals surface area contributed by atoms with Gasteiger partial charge in [0.05, 0.1) is 0 Å². The van der Waals surface area contributed by atoms with Gasteiger partial charge in [0.25, 0.3) is 0 Å². The van der Waals surface area contributed by atoms with Gasteiger partial charge in [0.15, 0.2) is 0 Å². The van der Waals surface area contributed by atoms with Crippen LogP contribution in [0.25, 0.3) is 11.1 Å². The zero-order valence-corrected chi connectivity index (χ0v) is 11.6. The Morgan fingerprint density at radius 3 is 1.30 bits per heavy atom. The second kappa shape index (κ2) is 7.19. The highest BCUT2D eigenvalue weighted by molar-refractivity contribution is 5.68. The predicted molar refractivity (Wildman–Crippen MR) is 89.3 cm³/mol. The molecule has 0 aliphatic heterocycles. The average molecular weight is 264 g/mol. The van der Waals surface area contributed by atoms with Gasteiger partial charge in [0.1, 0.15) is 0 Å². The Bertz CT molecular complexity index is 499. The summed E-state index contributed by atoms with van der Waals surface area (Å²) < 4.78 is 0. The second-order valence-corrected chi connectivity index (χ2v) is 4.49. The van der Waals surface area contributed by atoms with Crippen LogP contribution in [0.3, 0.4) is 0 Å². The van der Waals surface area contributed by atoms with Crippen LogP contribution in [0.4, 0.5) is 11.4 Å². The van der Waals surface area contributed by atoms with E-state index in [1.54, 1.807) is 0 Å². The molecule has 2 heteroatoms. The summed E-state index contributed by atoms with van der Waals surface area (Å²) in [5, 5.41) is 6.54. The van der Waals surface area contributed by atoms with Crippen LogP contribution in [-0.2, 0) is 0 Å². The summed E-state index contributed by atoms with van der Waals surface area (Å²) in [6.45, 7) is 8.95. The molecule has 0 aliphatic rings. The molecule has 0 unspecified atom stereocenters. The number of nitrogens with one attached hydrogen (secondary N) is 2. The highest BCUT2D eigenvalue weighted by Crippen LogP contribution is 2.23. The lowest BCUT2D eigenvalue weighted by atomic mass is 10.0. The summed E-state index contributed by atoms with van der Waals surface area (Å²) in [6, 6.07) is 16.8. The Morgan fingerprint density at radius 2 is 1.00 bits per heavy atom. The van der Waals surface area contributed by atoms with Crippen LogP contribution >= 0.6 is 0 Å². The molecule has 0 radical (unpaired) electrons. The number of hydrogen-bond acceptors (Lipinski definition) is 2. The van der Waals surface area contributed by atoms with Crippen molar-refractivity contribution in [1.29, 1.82) is 0 Å². The fourth-order valence-corrected chi connectivity index (χ4v) is 1.94. The van der Waals surface area contributed by atoms with Gasteiger partial charge in [-0.3, -0.25) is 0 Å². The Balaban J connectivity index is 2.06. The minimum absolute atomic E-state index is 0.781. The summed E-state index contributed by atoms with van der Waals surface area (Å²) in [5.41, 5.74) is 4.64. The first-order valence-corrected chi connectivity index (χ1v) is 6.73. The van der Waals surface area contributed by atoms with Crippen molar-refractivity contribution in [2.24, 2.45) is 0 Å². The molecule has 0 fully saturated rings. The van der Waals surface area contributed by atoms with Crippen LogP contribution in [0.15, 0.2) is 73.8 Å². The summed E-state index contributed by atoms with van der Waals surface area (Å²) in [5.74, 6) is 0. The minimum atomic E-state index is 0.781. The third-order valence-corrected chi connectivity index (χ3v) is 3.00. The van der Waals surface area contributed by atoms with E-state index in [4.69, 9.17) is 0 Å². The molecule has 0 aromatic heterocycles. The first-order chi connectivity index (χ1) is 9.83. The van der Waals surface area contributed by atoms with Gasteiger partial charge >= 0.3 is 0 Å². The lowest BCUT2D eigenvalue weighted by molar-refractivity contribution is 1.34. The maximum absolute atomic E-state index is 3.70. The van der Waals surface area contributed by atoms with Crippen LogP contribution in [0, 0.1) is 0 Å². The molecule has 2 N–H and O–H groups in total. The molecule has 0 atom stereocenters. The summed E-state index contributed by atoms with van der Waals surface area (Å²) >= 11 is 0. The number of anilines is 2. The molecule has 20 heavy (non-hydrogen) atoms. The largest absolute Gasteiger partial charge is 0.382 e. The molecule has 2 nitrogen and oxygen atoms in total. The lowest BCUT2D eigenvalue weighted by Crippen LogP contribution is -1.97. The molecule has 2 aromatic carbocycles. The Hall–Kier alpha value is -2.48. The Kier molecular flexibility index (Phi) is 5.01. The van der Waals surface area contributed by atoms with Gasteiger partial charge in [-0.05, 0) is 35.4 Å². The van der Waals surface area contributed by atoms with Crippen molar-refractivity contribution >= 4 is 11.4 Å². The zero-order chi connectivity index (χ0) is 14.2. The monoisotopic (exact) mass is 264 g/mol. The molecular weight excluding hydrogens is 244 g/mol. The van der Waals surface area contributed by atoms with Crippen molar-refractivity contribution in [3.63, 3.8) is 0 Å². The van der Waals surface area contributed by atoms with Crippen LogP contribution in [0.2, 0.25) is 0 Å². The summed E-state index contributed by atoms with van der Waals surface area (Å²) in [6.07, 6.45) is 3.70. The number of rotatable bonds is 7. The standard InChI is InChI=1S/C18H20N2/c1-3-13-19-17-9-5-15(6-10-17)16-7-11-18(12-8-16)20-14-4-2/h3-12,19-20H,1-2,13-14H2. The van der Waals surface area contributed by atoms with Crippen molar-refractivity contribution in [3.8, 4) is 11.1 Å². The molecule has 0 saturated carbocycles. The van der Waals surface area contributed by atoms with Gasteiger partial charge in [-0.2, -0.15) is 0 Å². The normalized spacial score (nSPS) is 9.80. The highest BCUT2D eigenvalue weighted by atomic mass is 14.9.